The van der Waals surface area contributed by atoms with Crippen LogP contribution in [0.5, 0.6) is 0 Å². The Hall–Kier alpha value is -1.29. The molecule has 0 aliphatic carbocycles. The minimum absolute atomic E-state index is 0.214. The first-order valence-corrected chi connectivity index (χ1v) is 5.91. The molecule has 4 heteroatoms. The minimum atomic E-state index is -0.961. The van der Waals surface area contributed by atoms with Gasteiger partial charge in [-0.2, -0.15) is 0 Å². The lowest BCUT2D eigenvalue weighted by molar-refractivity contribution is 0.0695. The molecule has 0 aliphatic rings. The second-order valence-corrected chi connectivity index (χ2v) is 4.58. The zero-order chi connectivity index (χ0) is 12.8. The zero-order valence-electron chi connectivity index (χ0n) is 10.7. The Morgan fingerprint density at radius 1 is 1.53 bits per heavy atom. The number of aromatic carboxylic acids is 1. The molecule has 0 atom stereocenters. The Labute approximate surface area is 102 Å². The fraction of sp³-hybridized carbons (Fsp3) is 0.615. The van der Waals surface area contributed by atoms with Crippen LogP contribution in [0.3, 0.4) is 0 Å². The van der Waals surface area contributed by atoms with E-state index in [1.54, 1.807) is 6.92 Å². The highest BCUT2D eigenvalue weighted by atomic mass is 16.5. The van der Waals surface area contributed by atoms with Crippen LogP contribution in [0.15, 0.2) is 10.5 Å². The molecule has 1 N–H and O–H groups in total. The lowest BCUT2D eigenvalue weighted by Crippen LogP contribution is -1.97. The second-order valence-electron chi connectivity index (χ2n) is 4.58. The number of aryl methyl sites for hydroxylation is 1. The number of hydrogen-bond acceptors (Lipinski definition) is 3. The highest BCUT2D eigenvalue weighted by molar-refractivity contribution is 5.88. The quantitative estimate of drug-likeness (QED) is 0.743. The fourth-order valence-electron chi connectivity index (χ4n) is 1.59. The Morgan fingerprint density at radius 3 is 2.76 bits per heavy atom. The van der Waals surface area contributed by atoms with Crippen molar-refractivity contribution >= 4 is 5.97 Å². The van der Waals surface area contributed by atoms with Crippen LogP contribution in [-0.4, -0.2) is 17.7 Å². The van der Waals surface area contributed by atoms with Crippen LogP contribution in [-0.2, 0) is 11.3 Å². The monoisotopic (exact) mass is 240 g/mol. The number of rotatable bonds is 7. The molecule has 96 valence electrons. The van der Waals surface area contributed by atoms with E-state index in [1.807, 2.05) is 0 Å². The second kappa shape index (κ2) is 6.45. The molecular formula is C13H20O4. The van der Waals surface area contributed by atoms with E-state index in [9.17, 15) is 4.79 Å². The molecule has 0 fully saturated rings. The van der Waals surface area contributed by atoms with Crippen molar-refractivity contribution in [1.82, 2.24) is 0 Å². The standard InChI is InChI=1S/C13H20O4/c1-9(2)5-4-6-16-8-11-7-12(13(14)15)10(3)17-11/h7,9H,4-6,8H2,1-3H3,(H,14,15). The maximum Gasteiger partial charge on any atom is 0.339 e. The molecule has 1 heterocycles. The van der Waals surface area contributed by atoms with Crippen molar-refractivity contribution in [3.8, 4) is 0 Å². The summed E-state index contributed by atoms with van der Waals surface area (Å²) in [5, 5.41) is 8.85. The lowest BCUT2D eigenvalue weighted by Gasteiger charge is -2.04. The molecule has 0 unspecified atom stereocenters. The van der Waals surface area contributed by atoms with Crippen LogP contribution in [0.25, 0.3) is 0 Å². The van der Waals surface area contributed by atoms with Crippen LogP contribution in [0.2, 0.25) is 0 Å². The number of carboxylic acid groups (broad SMARTS) is 1. The Kier molecular flexibility index (Phi) is 5.22. The van der Waals surface area contributed by atoms with Crippen molar-refractivity contribution in [2.24, 2.45) is 5.92 Å². The molecule has 0 saturated carbocycles. The summed E-state index contributed by atoms with van der Waals surface area (Å²) in [6, 6.07) is 1.53. The molecule has 0 amide bonds. The highest BCUT2D eigenvalue weighted by Gasteiger charge is 2.13. The molecular weight excluding hydrogens is 220 g/mol. The number of hydrogen-bond donors (Lipinski definition) is 1. The minimum Gasteiger partial charge on any atom is -0.478 e. The summed E-state index contributed by atoms with van der Waals surface area (Å²) in [7, 11) is 0. The molecule has 4 nitrogen and oxygen atoms in total. The van der Waals surface area contributed by atoms with Gasteiger partial charge in [0.25, 0.3) is 0 Å². The molecule has 1 aromatic heterocycles. The van der Waals surface area contributed by atoms with Crippen LogP contribution in [0.4, 0.5) is 0 Å². The van der Waals surface area contributed by atoms with Crippen molar-refractivity contribution in [2.75, 3.05) is 6.61 Å². The summed E-state index contributed by atoms with van der Waals surface area (Å²) in [6.45, 7) is 7.02. The van der Waals surface area contributed by atoms with E-state index in [4.69, 9.17) is 14.3 Å². The predicted molar refractivity (Wildman–Crippen MR) is 64.1 cm³/mol. The molecule has 17 heavy (non-hydrogen) atoms. The summed E-state index contributed by atoms with van der Waals surface area (Å²) in [5.41, 5.74) is 0.214. The van der Waals surface area contributed by atoms with Gasteiger partial charge in [0.15, 0.2) is 0 Å². The molecule has 0 spiro atoms. The van der Waals surface area contributed by atoms with Gasteiger partial charge in [-0.05, 0) is 31.7 Å². The van der Waals surface area contributed by atoms with E-state index in [-0.39, 0.29) is 5.56 Å². The van der Waals surface area contributed by atoms with Crippen molar-refractivity contribution in [3.05, 3.63) is 23.2 Å². The average molecular weight is 240 g/mol. The average Bonchev–Trinajstić information content (AvgIpc) is 2.59. The van der Waals surface area contributed by atoms with Crippen LogP contribution in [0, 0.1) is 12.8 Å². The summed E-state index contributed by atoms with van der Waals surface area (Å²) in [4.78, 5) is 10.8. The van der Waals surface area contributed by atoms with Crippen LogP contribution < -0.4 is 0 Å². The fourth-order valence-corrected chi connectivity index (χ4v) is 1.59. The van der Waals surface area contributed by atoms with Gasteiger partial charge < -0.3 is 14.3 Å². The van der Waals surface area contributed by atoms with Gasteiger partial charge in [0, 0.05) is 6.61 Å². The molecule has 0 bridgehead atoms. The first-order chi connectivity index (χ1) is 8.00. The SMILES string of the molecule is Cc1oc(COCCCC(C)C)cc1C(=O)O. The maximum atomic E-state index is 10.8. The first-order valence-electron chi connectivity index (χ1n) is 5.91. The molecule has 0 radical (unpaired) electrons. The topological polar surface area (TPSA) is 59.7 Å². The van der Waals surface area contributed by atoms with Gasteiger partial charge >= 0.3 is 5.97 Å². The van der Waals surface area contributed by atoms with Gasteiger partial charge in [-0.25, -0.2) is 4.79 Å². The van der Waals surface area contributed by atoms with E-state index in [0.717, 1.165) is 12.8 Å². The predicted octanol–water partition coefficient (Wildman–Crippen LogP) is 3.24. The number of carboxylic acids is 1. The lowest BCUT2D eigenvalue weighted by atomic mass is 10.1. The Bertz CT molecular complexity index is 365. The van der Waals surface area contributed by atoms with Crippen molar-refractivity contribution in [2.45, 2.75) is 40.2 Å². The molecule has 0 aromatic carbocycles. The summed E-state index contributed by atoms with van der Waals surface area (Å²) in [5.74, 6) is 0.725. The molecule has 1 rings (SSSR count). The van der Waals surface area contributed by atoms with Crippen molar-refractivity contribution in [3.63, 3.8) is 0 Å². The largest absolute Gasteiger partial charge is 0.478 e. The van der Waals surface area contributed by atoms with E-state index in [2.05, 4.69) is 13.8 Å². The molecule has 1 aromatic rings. The third-order valence-corrected chi connectivity index (χ3v) is 2.51. The van der Waals surface area contributed by atoms with E-state index in [1.165, 1.54) is 6.07 Å². The zero-order valence-corrected chi connectivity index (χ0v) is 10.7. The van der Waals surface area contributed by atoms with E-state index in [0.29, 0.717) is 30.7 Å². The number of furan rings is 1. The Balaban J connectivity index is 2.32. The first kappa shape index (κ1) is 13.8. The molecule has 0 saturated heterocycles. The summed E-state index contributed by atoms with van der Waals surface area (Å²) < 4.78 is 10.7. The maximum absolute atomic E-state index is 10.8. The third kappa shape index (κ3) is 4.61. The van der Waals surface area contributed by atoms with Crippen LogP contribution in [0.1, 0.15) is 48.6 Å². The van der Waals surface area contributed by atoms with Gasteiger partial charge in [0.05, 0.1) is 0 Å². The van der Waals surface area contributed by atoms with Gasteiger partial charge in [0.1, 0.15) is 23.7 Å². The normalized spacial score (nSPS) is 11.1. The van der Waals surface area contributed by atoms with E-state index >= 15 is 0 Å². The summed E-state index contributed by atoms with van der Waals surface area (Å²) in [6.07, 6.45) is 2.15. The van der Waals surface area contributed by atoms with Crippen molar-refractivity contribution in [1.29, 1.82) is 0 Å². The van der Waals surface area contributed by atoms with Crippen LogP contribution >= 0.6 is 0 Å². The smallest absolute Gasteiger partial charge is 0.339 e. The van der Waals surface area contributed by atoms with Gasteiger partial charge in [-0.15, -0.1) is 0 Å². The number of carbonyl (C=O) groups is 1. The summed E-state index contributed by atoms with van der Waals surface area (Å²) >= 11 is 0. The Morgan fingerprint density at radius 2 is 2.24 bits per heavy atom. The molecule has 0 aliphatic heterocycles. The number of ether oxygens (including phenoxy) is 1. The van der Waals surface area contributed by atoms with E-state index < -0.39 is 5.97 Å². The third-order valence-electron chi connectivity index (χ3n) is 2.51. The highest BCUT2D eigenvalue weighted by Crippen LogP contribution is 2.15. The van der Waals surface area contributed by atoms with Gasteiger partial charge in [0.2, 0.25) is 0 Å². The van der Waals surface area contributed by atoms with Gasteiger partial charge in [-0.1, -0.05) is 13.8 Å². The van der Waals surface area contributed by atoms with Crippen molar-refractivity contribution < 1.29 is 19.1 Å². The van der Waals surface area contributed by atoms with Gasteiger partial charge in [-0.3, -0.25) is 0 Å².